The zero-order chi connectivity index (χ0) is 34.1. The first-order valence-corrected chi connectivity index (χ1v) is 16.2. The predicted octanol–water partition coefficient (Wildman–Crippen LogP) is 3.51. The van der Waals surface area contributed by atoms with E-state index in [4.69, 9.17) is 5.73 Å². The molecule has 2 unspecified atom stereocenters. The lowest BCUT2D eigenvalue weighted by atomic mass is 9.55. The molecule has 3 aliphatic carbocycles. The molecule has 0 bridgehead atoms. The molecule has 1 aromatic rings. The van der Waals surface area contributed by atoms with Crippen molar-refractivity contribution in [1.82, 2.24) is 4.90 Å². The molecule has 4 rings (SSSR count). The molecule has 0 aliphatic heterocycles. The van der Waals surface area contributed by atoms with Crippen molar-refractivity contribution in [2.45, 2.75) is 102 Å². The summed E-state index contributed by atoms with van der Waals surface area (Å²) in [5.74, 6) is -9.97. The van der Waals surface area contributed by atoms with Crippen LogP contribution in [0.1, 0.15) is 99.9 Å². The predicted molar refractivity (Wildman–Crippen MR) is 170 cm³/mol. The largest absolute Gasteiger partial charge is 0.510 e. The fourth-order valence-corrected chi connectivity index (χ4v) is 7.53. The van der Waals surface area contributed by atoms with Crippen LogP contribution in [-0.4, -0.2) is 85.7 Å². The Labute approximate surface area is 269 Å². The smallest absolute Gasteiger partial charge is 0.255 e. The fourth-order valence-electron chi connectivity index (χ4n) is 7.53. The van der Waals surface area contributed by atoms with E-state index in [0.717, 1.165) is 19.3 Å². The highest BCUT2D eigenvalue weighted by Crippen LogP contribution is 2.56. The number of anilines is 1. The maximum atomic E-state index is 14.0. The van der Waals surface area contributed by atoms with Crippen LogP contribution in [0.15, 0.2) is 34.8 Å². The highest BCUT2D eigenvalue weighted by molar-refractivity contribution is 6.25. The summed E-state index contributed by atoms with van der Waals surface area (Å²) < 4.78 is 0. The third-order valence-corrected chi connectivity index (χ3v) is 9.91. The monoisotopic (exact) mass is 641 g/mol. The minimum absolute atomic E-state index is 0.0167. The van der Waals surface area contributed by atoms with Gasteiger partial charge in [-0.25, -0.2) is 0 Å². The van der Waals surface area contributed by atoms with Crippen molar-refractivity contribution in [1.29, 1.82) is 0 Å². The highest BCUT2D eigenvalue weighted by Gasteiger charge is 2.67. The number of aliphatic hydroxyl groups is 4. The SMILES string of the molecule is CCCCCCCCCCCC(=O)Nc1ccc2c(c1O)C(=O)C1=C(O)[C@]3(O)C(=O)C(C(N)=O)=C(O)[C@@H](N(C)C)C3[C@@H](O)C1[C@H]2C. The number of likely N-dealkylation sites (N-methyl/N-ethyl adjacent to an activating group) is 1. The van der Waals surface area contributed by atoms with E-state index >= 15 is 0 Å². The number of hydrogen-bond acceptors (Lipinski definition) is 10. The highest BCUT2D eigenvalue weighted by atomic mass is 16.4. The van der Waals surface area contributed by atoms with Gasteiger partial charge in [-0.3, -0.25) is 24.1 Å². The van der Waals surface area contributed by atoms with Gasteiger partial charge in [0.15, 0.2) is 17.1 Å². The molecule has 2 amide bonds. The van der Waals surface area contributed by atoms with Crippen molar-refractivity contribution in [3.63, 3.8) is 0 Å². The first kappa shape index (κ1) is 35.1. The Morgan fingerprint density at radius 2 is 1.57 bits per heavy atom. The second-order valence-corrected chi connectivity index (χ2v) is 13.1. The topological polar surface area (TPSA) is 211 Å². The summed E-state index contributed by atoms with van der Waals surface area (Å²) in [5, 5.41) is 59.8. The van der Waals surface area contributed by atoms with Gasteiger partial charge in [0.1, 0.15) is 17.1 Å². The van der Waals surface area contributed by atoms with Crippen LogP contribution in [0.3, 0.4) is 0 Å². The minimum Gasteiger partial charge on any atom is -0.510 e. The molecule has 12 nitrogen and oxygen atoms in total. The molecular weight excluding hydrogens is 594 g/mol. The van der Waals surface area contributed by atoms with E-state index in [1.54, 1.807) is 13.0 Å². The third kappa shape index (κ3) is 5.93. The van der Waals surface area contributed by atoms with Crippen LogP contribution in [0.2, 0.25) is 0 Å². The molecule has 3 aliphatic rings. The van der Waals surface area contributed by atoms with Gasteiger partial charge in [-0.15, -0.1) is 0 Å². The molecule has 0 spiro atoms. The molecule has 6 atom stereocenters. The molecule has 0 saturated heterocycles. The lowest BCUT2D eigenvalue weighted by Gasteiger charge is -2.53. The Morgan fingerprint density at radius 3 is 2.13 bits per heavy atom. The number of fused-ring (bicyclic) bond motifs is 3. The van der Waals surface area contributed by atoms with E-state index < -0.39 is 81.4 Å². The summed E-state index contributed by atoms with van der Waals surface area (Å²) in [6, 6.07) is 1.68. The number of hydrogen-bond donors (Lipinski definition) is 7. The minimum atomic E-state index is -2.99. The number of aliphatic hydroxyl groups excluding tert-OH is 3. The van der Waals surface area contributed by atoms with Crippen LogP contribution >= 0.6 is 0 Å². The number of rotatable bonds is 13. The number of nitrogens with zero attached hydrogens (tertiary/aromatic N) is 1. The van der Waals surface area contributed by atoms with Gasteiger partial charge in [0, 0.05) is 17.9 Å². The van der Waals surface area contributed by atoms with E-state index in [9.17, 15) is 44.7 Å². The van der Waals surface area contributed by atoms with Crippen molar-refractivity contribution < 1.29 is 44.7 Å². The van der Waals surface area contributed by atoms with E-state index in [1.807, 2.05) is 0 Å². The number of aromatic hydroxyl groups is 1. The first-order valence-electron chi connectivity index (χ1n) is 16.2. The lowest BCUT2D eigenvalue weighted by Crippen LogP contribution is -2.68. The summed E-state index contributed by atoms with van der Waals surface area (Å²) in [7, 11) is 2.96. The van der Waals surface area contributed by atoms with E-state index in [1.165, 1.54) is 57.2 Å². The molecule has 0 heterocycles. The number of benzene rings is 1. The molecule has 0 fully saturated rings. The number of carbonyl (C=O) groups is 4. The van der Waals surface area contributed by atoms with Gasteiger partial charge in [0.2, 0.25) is 11.7 Å². The molecule has 46 heavy (non-hydrogen) atoms. The average Bonchev–Trinajstić information content (AvgIpc) is 2.99. The number of ketones is 2. The van der Waals surface area contributed by atoms with Crippen LogP contribution in [0, 0.1) is 11.8 Å². The maximum absolute atomic E-state index is 14.0. The van der Waals surface area contributed by atoms with Gasteiger partial charge >= 0.3 is 0 Å². The maximum Gasteiger partial charge on any atom is 0.255 e. The van der Waals surface area contributed by atoms with Crippen LogP contribution in [-0.2, 0) is 14.4 Å². The summed E-state index contributed by atoms with van der Waals surface area (Å²) >= 11 is 0. The van der Waals surface area contributed by atoms with Gasteiger partial charge in [-0.2, -0.15) is 0 Å². The Morgan fingerprint density at radius 1 is 0.978 bits per heavy atom. The molecular formula is C34H47N3O9. The molecule has 252 valence electrons. The number of primary amides is 1. The number of nitrogens with one attached hydrogen (secondary N) is 1. The number of Topliss-reactive ketones (excluding diaryl/α,β-unsaturated/α-hetero) is 2. The van der Waals surface area contributed by atoms with Crippen molar-refractivity contribution in [3.8, 4) is 5.75 Å². The Kier molecular flexibility index (Phi) is 10.6. The van der Waals surface area contributed by atoms with Gasteiger partial charge in [-0.05, 0) is 38.1 Å². The third-order valence-electron chi connectivity index (χ3n) is 9.91. The summed E-state index contributed by atoms with van der Waals surface area (Å²) in [6.45, 7) is 3.83. The van der Waals surface area contributed by atoms with Crippen molar-refractivity contribution in [2.75, 3.05) is 19.4 Å². The zero-order valence-electron chi connectivity index (χ0n) is 27.0. The van der Waals surface area contributed by atoms with E-state index in [2.05, 4.69) is 12.2 Å². The van der Waals surface area contributed by atoms with E-state index in [-0.39, 0.29) is 23.6 Å². The number of nitrogens with two attached hydrogens (primary N) is 1. The van der Waals surface area contributed by atoms with Crippen LogP contribution in [0.25, 0.3) is 0 Å². The number of phenolic OH excluding ortho intramolecular Hbond substituents is 1. The van der Waals surface area contributed by atoms with Gasteiger partial charge < -0.3 is 36.6 Å². The summed E-state index contributed by atoms with van der Waals surface area (Å²) in [4.78, 5) is 53.8. The van der Waals surface area contributed by atoms with Gasteiger partial charge in [0.05, 0.1) is 29.3 Å². The Balaban J connectivity index is 1.61. The van der Waals surface area contributed by atoms with E-state index in [0.29, 0.717) is 12.0 Å². The second kappa shape index (κ2) is 13.9. The summed E-state index contributed by atoms with van der Waals surface area (Å²) in [6.07, 6.45) is 8.37. The molecule has 12 heteroatoms. The number of carbonyl (C=O) groups excluding carboxylic acids is 4. The quantitative estimate of drug-likeness (QED) is 0.0946. The summed E-state index contributed by atoms with van der Waals surface area (Å²) in [5.41, 5.74) is 0.981. The van der Waals surface area contributed by atoms with Crippen molar-refractivity contribution in [2.24, 2.45) is 17.6 Å². The van der Waals surface area contributed by atoms with Gasteiger partial charge in [0.25, 0.3) is 5.91 Å². The molecule has 1 aromatic carbocycles. The number of unbranched alkanes of at least 4 members (excludes halogenated alkanes) is 8. The number of phenols is 1. The van der Waals surface area contributed by atoms with Crippen LogP contribution in [0.4, 0.5) is 5.69 Å². The lowest BCUT2D eigenvalue weighted by molar-refractivity contribution is -0.162. The zero-order valence-corrected chi connectivity index (χ0v) is 27.0. The molecule has 0 radical (unpaired) electrons. The fraction of sp³-hybridized carbons (Fsp3) is 0.588. The number of amides is 2. The second-order valence-electron chi connectivity index (χ2n) is 13.1. The van der Waals surface area contributed by atoms with Crippen LogP contribution in [0.5, 0.6) is 5.75 Å². The Hall–Kier alpha value is -3.74. The van der Waals surface area contributed by atoms with Crippen LogP contribution < -0.4 is 11.1 Å². The average molecular weight is 642 g/mol. The van der Waals surface area contributed by atoms with Crippen molar-refractivity contribution >= 4 is 29.1 Å². The van der Waals surface area contributed by atoms with Crippen molar-refractivity contribution in [3.05, 3.63) is 45.9 Å². The Bertz CT molecular complexity index is 1470. The standard InChI is InChI=1S/C34H47N3O9/c1-5-6-7-8-9-10-11-12-13-14-20(38)36-19-16-15-18-17(2)21-23(28(40)22(18)27(19)39)31(43)34(46)25(29(21)41)26(37(3)4)30(42)24(32(34)44)33(35)45/h15-17,21,25-26,29,39,41-43,46H,5-14H2,1-4H3,(H2,35,45)(H,36,38)/t17-,21?,25?,26-,29-,34-/m0/s1. The molecule has 0 saturated carbocycles. The first-order chi connectivity index (χ1) is 21.7. The normalized spacial score (nSPS) is 27.4. The van der Waals surface area contributed by atoms with Gasteiger partial charge in [-0.1, -0.05) is 71.3 Å². The molecule has 8 N–H and O–H groups in total. The molecule has 0 aromatic heterocycles.